The Hall–Kier alpha value is -0.420. The van der Waals surface area contributed by atoms with E-state index in [0.29, 0.717) is 23.4 Å². The number of anilines is 1. The number of hydrogen-bond donors (Lipinski definition) is 0. The van der Waals surface area contributed by atoms with E-state index in [-0.39, 0.29) is 12.8 Å². The van der Waals surface area contributed by atoms with Crippen molar-refractivity contribution in [2.45, 2.75) is 24.3 Å². The Morgan fingerprint density at radius 1 is 1.26 bits per heavy atom. The lowest BCUT2D eigenvalue weighted by atomic mass is 9.95. The maximum Gasteiger partial charge on any atom is 0.391 e. The number of alkyl halides is 4. The molecule has 106 valence electrons. The molecule has 1 fully saturated rings. The van der Waals surface area contributed by atoms with Crippen molar-refractivity contribution < 1.29 is 13.2 Å². The first-order valence-corrected chi connectivity index (χ1v) is 7.58. The van der Waals surface area contributed by atoms with Gasteiger partial charge in [-0.2, -0.15) is 13.2 Å². The van der Waals surface area contributed by atoms with Crippen molar-refractivity contribution >= 4 is 33.2 Å². The zero-order chi connectivity index (χ0) is 14.0. The average molecular weight is 357 g/mol. The van der Waals surface area contributed by atoms with Gasteiger partial charge >= 0.3 is 6.18 Å². The van der Waals surface area contributed by atoms with Crippen LogP contribution in [0.3, 0.4) is 0 Å². The summed E-state index contributed by atoms with van der Waals surface area (Å²) in [5.41, 5.74) is 1.87. The first-order valence-electron chi connectivity index (χ1n) is 6.08. The quantitative estimate of drug-likeness (QED) is 0.673. The van der Waals surface area contributed by atoms with Gasteiger partial charge in [0.25, 0.3) is 0 Å². The monoisotopic (exact) mass is 355 g/mol. The molecule has 0 bridgehead atoms. The lowest BCUT2D eigenvalue weighted by Gasteiger charge is -2.35. The molecule has 2 rings (SSSR count). The molecule has 1 aliphatic rings. The Labute approximate surface area is 123 Å². The van der Waals surface area contributed by atoms with E-state index in [1.807, 2.05) is 17.0 Å². The van der Waals surface area contributed by atoms with Gasteiger partial charge in [0, 0.05) is 18.4 Å². The number of para-hydroxylation sites is 1. The zero-order valence-corrected chi connectivity index (χ0v) is 12.5. The minimum absolute atomic E-state index is 0.135. The van der Waals surface area contributed by atoms with E-state index in [0.717, 1.165) is 11.3 Å². The van der Waals surface area contributed by atoms with E-state index in [1.54, 1.807) is 6.07 Å². The van der Waals surface area contributed by atoms with Gasteiger partial charge in [-0.05, 0) is 24.5 Å². The molecule has 0 atom stereocenters. The number of hydrogen-bond acceptors (Lipinski definition) is 1. The number of benzene rings is 1. The minimum atomic E-state index is -4.08. The van der Waals surface area contributed by atoms with Gasteiger partial charge in [0.15, 0.2) is 0 Å². The summed E-state index contributed by atoms with van der Waals surface area (Å²) >= 11 is 9.57. The molecule has 0 aliphatic carbocycles. The normalized spacial score (nSPS) is 17.8. The molecular weight excluding hydrogens is 343 g/mol. The summed E-state index contributed by atoms with van der Waals surface area (Å²) in [6, 6.07) is 5.57. The van der Waals surface area contributed by atoms with Gasteiger partial charge in [0.1, 0.15) is 0 Å². The molecule has 0 amide bonds. The smallest absolute Gasteiger partial charge is 0.370 e. The van der Waals surface area contributed by atoms with Gasteiger partial charge in [-0.3, -0.25) is 0 Å². The molecule has 1 nitrogen and oxygen atoms in total. The fourth-order valence-corrected chi connectivity index (χ4v) is 3.22. The number of nitrogens with zero attached hydrogens (tertiary/aromatic N) is 1. The van der Waals surface area contributed by atoms with Crippen LogP contribution >= 0.6 is 27.5 Å². The van der Waals surface area contributed by atoms with Crippen molar-refractivity contribution in [1.29, 1.82) is 0 Å². The van der Waals surface area contributed by atoms with E-state index < -0.39 is 12.1 Å². The predicted molar refractivity (Wildman–Crippen MR) is 75.1 cm³/mol. The summed E-state index contributed by atoms with van der Waals surface area (Å²) in [4.78, 5) is 1.96. The second-order valence-corrected chi connectivity index (χ2v) is 5.65. The van der Waals surface area contributed by atoms with Gasteiger partial charge in [-0.25, -0.2) is 0 Å². The lowest BCUT2D eigenvalue weighted by molar-refractivity contribution is -0.179. The highest BCUT2D eigenvalue weighted by Gasteiger charge is 2.41. The van der Waals surface area contributed by atoms with Crippen molar-refractivity contribution in [2.75, 3.05) is 18.0 Å². The standard InChI is InChI=1S/C13H14BrClF3N/c14-8-9-2-1-3-11(15)12(9)19-6-4-10(5-7-19)13(16,17)18/h1-3,10H,4-8H2. The fraction of sp³-hybridized carbons (Fsp3) is 0.538. The highest BCUT2D eigenvalue weighted by molar-refractivity contribution is 9.08. The number of piperidine rings is 1. The Kier molecular flexibility index (Phi) is 4.66. The fourth-order valence-electron chi connectivity index (χ4n) is 2.45. The zero-order valence-electron chi connectivity index (χ0n) is 10.2. The van der Waals surface area contributed by atoms with Crippen LogP contribution < -0.4 is 4.90 Å². The third kappa shape index (κ3) is 3.37. The van der Waals surface area contributed by atoms with Crippen LogP contribution in [0.4, 0.5) is 18.9 Å². The van der Waals surface area contributed by atoms with Gasteiger partial charge in [0.05, 0.1) is 16.6 Å². The summed E-state index contributed by atoms with van der Waals surface area (Å²) in [5, 5.41) is 1.24. The molecule has 0 saturated carbocycles. The van der Waals surface area contributed by atoms with Crippen LogP contribution in [0.25, 0.3) is 0 Å². The van der Waals surface area contributed by atoms with Gasteiger partial charge in [0.2, 0.25) is 0 Å². The highest BCUT2D eigenvalue weighted by Crippen LogP contribution is 2.38. The predicted octanol–water partition coefficient (Wildman–Crippen LogP) is 5.01. The largest absolute Gasteiger partial charge is 0.391 e. The van der Waals surface area contributed by atoms with E-state index in [1.165, 1.54) is 0 Å². The Morgan fingerprint density at radius 3 is 2.42 bits per heavy atom. The maximum absolute atomic E-state index is 12.6. The van der Waals surface area contributed by atoms with Crippen molar-refractivity contribution in [3.8, 4) is 0 Å². The van der Waals surface area contributed by atoms with E-state index in [2.05, 4.69) is 15.9 Å². The van der Waals surface area contributed by atoms with Gasteiger partial charge < -0.3 is 4.90 Å². The Morgan fingerprint density at radius 2 is 1.89 bits per heavy atom. The minimum Gasteiger partial charge on any atom is -0.370 e. The molecule has 1 aromatic rings. The molecule has 1 heterocycles. The second kappa shape index (κ2) is 5.92. The highest BCUT2D eigenvalue weighted by atomic mass is 79.9. The van der Waals surface area contributed by atoms with Gasteiger partial charge in [-0.15, -0.1) is 0 Å². The summed E-state index contributed by atoms with van der Waals surface area (Å²) < 4.78 is 37.9. The van der Waals surface area contributed by atoms with E-state index in [4.69, 9.17) is 11.6 Å². The van der Waals surface area contributed by atoms with Crippen molar-refractivity contribution in [3.63, 3.8) is 0 Å². The molecule has 0 radical (unpaired) electrons. The molecule has 1 saturated heterocycles. The average Bonchev–Trinajstić information content (AvgIpc) is 2.37. The van der Waals surface area contributed by atoms with Crippen LogP contribution in [0.2, 0.25) is 5.02 Å². The molecule has 1 aromatic carbocycles. The first kappa shape index (κ1) is 15.0. The molecule has 0 unspecified atom stereocenters. The van der Waals surface area contributed by atoms with Crippen LogP contribution in [-0.2, 0) is 5.33 Å². The van der Waals surface area contributed by atoms with Crippen molar-refractivity contribution in [3.05, 3.63) is 28.8 Å². The number of halogens is 5. The molecule has 0 spiro atoms. The van der Waals surface area contributed by atoms with Crippen LogP contribution in [0.15, 0.2) is 18.2 Å². The molecule has 1 aliphatic heterocycles. The number of rotatable bonds is 2. The molecule has 19 heavy (non-hydrogen) atoms. The van der Waals surface area contributed by atoms with Crippen molar-refractivity contribution in [2.24, 2.45) is 5.92 Å². The third-order valence-corrected chi connectivity index (χ3v) is 4.40. The molecule has 0 N–H and O–H groups in total. The van der Waals surface area contributed by atoms with Crippen LogP contribution in [0.5, 0.6) is 0 Å². The second-order valence-electron chi connectivity index (χ2n) is 4.68. The van der Waals surface area contributed by atoms with E-state index >= 15 is 0 Å². The van der Waals surface area contributed by atoms with E-state index in [9.17, 15) is 13.2 Å². The molecule has 6 heteroatoms. The van der Waals surface area contributed by atoms with Crippen LogP contribution in [0.1, 0.15) is 18.4 Å². The lowest BCUT2D eigenvalue weighted by Crippen LogP contribution is -2.39. The summed E-state index contributed by atoms with van der Waals surface area (Å²) in [6.45, 7) is 0.793. The topological polar surface area (TPSA) is 3.24 Å². The van der Waals surface area contributed by atoms with Crippen molar-refractivity contribution in [1.82, 2.24) is 0 Å². The molecular formula is C13H14BrClF3N. The summed E-state index contributed by atoms with van der Waals surface area (Å²) in [5.74, 6) is -1.18. The van der Waals surface area contributed by atoms with Gasteiger partial charge in [-0.1, -0.05) is 39.7 Å². The first-order chi connectivity index (χ1) is 8.93. The SMILES string of the molecule is FC(F)(F)C1CCN(c2c(Cl)cccc2CBr)CC1. The maximum atomic E-state index is 12.6. The van der Waals surface area contributed by atoms with Crippen LogP contribution in [-0.4, -0.2) is 19.3 Å². The van der Waals surface area contributed by atoms with Crippen LogP contribution in [0, 0.1) is 5.92 Å². The molecule has 0 aromatic heterocycles. The summed E-state index contributed by atoms with van der Waals surface area (Å²) in [7, 11) is 0. The summed E-state index contributed by atoms with van der Waals surface area (Å²) in [6.07, 6.45) is -3.81. The Balaban J connectivity index is 2.14. The third-order valence-electron chi connectivity index (χ3n) is 3.49. The Bertz CT molecular complexity index is 442.